The molecule has 2 rings (SSSR count). The van der Waals surface area contributed by atoms with Crippen molar-refractivity contribution in [3.05, 3.63) is 41.7 Å². The van der Waals surface area contributed by atoms with Gasteiger partial charge in [0.25, 0.3) is 0 Å². The molecule has 1 heterocycles. The molecule has 2 aromatic rings. The number of aromatic nitrogens is 3. The minimum atomic E-state index is -0.189. The zero-order chi connectivity index (χ0) is 12.4. The van der Waals surface area contributed by atoms with Crippen molar-refractivity contribution >= 4 is 5.69 Å². The fraction of sp³-hybridized carbons (Fsp3) is 0.333. The lowest BCUT2D eigenvalue weighted by atomic mass is 10.0. The van der Waals surface area contributed by atoms with Gasteiger partial charge in [0.2, 0.25) is 0 Å². The Bertz CT molecular complexity index is 486. The first-order chi connectivity index (χ1) is 8.09. The second-order valence-corrected chi connectivity index (χ2v) is 4.25. The van der Waals surface area contributed by atoms with Crippen LogP contribution in [-0.2, 0) is 7.05 Å². The summed E-state index contributed by atoms with van der Waals surface area (Å²) in [6, 6.07) is 7.99. The minimum absolute atomic E-state index is 0.189. The Balaban J connectivity index is 2.26. The molecule has 1 aromatic heterocycles. The van der Waals surface area contributed by atoms with Crippen LogP contribution >= 0.6 is 0 Å². The average molecular weight is 231 g/mol. The topological polar surface area (TPSA) is 60.0 Å². The van der Waals surface area contributed by atoms with Crippen LogP contribution in [0.25, 0.3) is 0 Å². The van der Waals surface area contributed by atoms with Crippen molar-refractivity contribution in [2.24, 2.45) is 12.8 Å². The van der Waals surface area contributed by atoms with Gasteiger partial charge in [-0.1, -0.05) is 17.3 Å². The van der Waals surface area contributed by atoms with Crippen molar-refractivity contribution in [2.75, 3.05) is 19.0 Å². The lowest BCUT2D eigenvalue weighted by Crippen LogP contribution is -2.16. The summed E-state index contributed by atoms with van der Waals surface area (Å²) in [5, 5.41) is 7.73. The van der Waals surface area contributed by atoms with Crippen molar-refractivity contribution in [1.29, 1.82) is 0 Å². The number of aryl methyl sites for hydroxylation is 1. The van der Waals surface area contributed by atoms with E-state index in [0.717, 1.165) is 16.9 Å². The van der Waals surface area contributed by atoms with Crippen LogP contribution in [0.5, 0.6) is 0 Å². The molecule has 0 radical (unpaired) electrons. The Hall–Kier alpha value is -1.88. The molecule has 90 valence electrons. The number of benzene rings is 1. The molecule has 1 atom stereocenters. The van der Waals surface area contributed by atoms with Gasteiger partial charge in [-0.3, -0.25) is 4.68 Å². The van der Waals surface area contributed by atoms with Crippen LogP contribution in [0.1, 0.15) is 17.3 Å². The smallest absolute Gasteiger partial charge is 0.0796 e. The lowest BCUT2D eigenvalue weighted by Gasteiger charge is -2.15. The Morgan fingerprint density at radius 3 is 2.35 bits per heavy atom. The molecule has 17 heavy (non-hydrogen) atoms. The zero-order valence-corrected chi connectivity index (χ0v) is 10.3. The van der Waals surface area contributed by atoms with Crippen LogP contribution in [-0.4, -0.2) is 29.1 Å². The van der Waals surface area contributed by atoms with E-state index in [4.69, 9.17) is 5.73 Å². The molecular formula is C12H17N5. The normalized spacial score (nSPS) is 12.5. The average Bonchev–Trinajstić information content (AvgIpc) is 2.74. The van der Waals surface area contributed by atoms with Gasteiger partial charge in [-0.25, -0.2) is 0 Å². The van der Waals surface area contributed by atoms with Gasteiger partial charge < -0.3 is 10.6 Å². The Labute approximate surface area is 101 Å². The van der Waals surface area contributed by atoms with Gasteiger partial charge >= 0.3 is 0 Å². The minimum Gasteiger partial charge on any atom is -0.378 e. The van der Waals surface area contributed by atoms with Gasteiger partial charge in [0.15, 0.2) is 0 Å². The second kappa shape index (κ2) is 4.55. The van der Waals surface area contributed by atoms with Crippen molar-refractivity contribution in [2.45, 2.75) is 6.04 Å². The molecular weight excluding hydrogens is 214 g/mol. The monoisotopic (exact) mass is 231 g/mol. The van der Waals surface area contributed by atoms with E-state index >= 15 is 0 Å². The van der Waals surface area contributed by atoms with E-state index in [-0.39, 0.29) is 6.04 Å². The number of hydrogen-bond acceptors (Lipinski definition) is 4. The van der Waals surface area contributed by atoms with Crippen molar-refractivity contribution < 1.29 is 0 Å². The van der Waals surface area contributed by atoms with E-state index in [9.17, 15) is 0 Å². The predicted molar refractivity (Wildman–Crippen MR) is 67.8 cm³/mol. The van der Waals surface area contributed by atoms with Gasteiger partial charge in [0.05, 0.1) is 17.9 Å². The quantitative estimate of drug-likeness (QED) is 0.853. The Morgan fingerprint density at radius 2 is 1.88 bits per heavy atom. The third-order valence-electron chi connectivity index (χ3n) is 2.84. The van der Waals surface area contributed by atoms with Crippen LogP contribution in [0.2, 0.25) is 0 Å². The molecule has 1 aromatic carbocycles. The summed E-state index contributed by atoms with van der Waals surface area (Å²) < 4.78 is 1.70. The lowest BCUT2D eigenvalue weighted by molar-refractivity contribution is 0.651. The fourth-order valence-electron chi connectivity index (χ4n) is 1.73. The molecule has 0 bridgehead atoms. The largest absolute Gasteiger partial charge is 0.378 e. The van der Waals surface area contributed by atoms with Crippen molar-refractivity contribution in [1.82, 2.24) is 15.0 Å². The molecule has 0 spiro atoms. The van der Waals surface area contributed by atoms with Gasteiger partial charge in [0.1, 0.15) is 0 Å². The third-order valence-corrected chi connectivity index (χ3v) is 2.84. The maximum Gasteiger partial charge on any atom is 0.0796 e. The van der Waals surface area contributed by atoms with E-state index in [2.05, 4.69) is 27.3 Å². The van der Waals surface area contributed by atoms with Gasteiger partial charge in [-0.05, 0) is 17.7 Å². The highest BCUT2D eigenvalue weighted by Crippen LogP contribution is 2.20. The maximum atomic E-state index is 6.17. The highest BCUT2D eigenvalue weighted by molar-refractivity contribution is 5.47. The predicted octanol–water partition coefficient (Wildman–Crippen LogP) is 0.929. The summed E-state index contributed by atoms with van der Waals surface area (Å²) >= 11 is 0. The first-order valence-corrected chi connectivity index (χ1v) is 5.47. The van der Waals surface area contributed by atoms with Crippen molar-refractivity contribution in [3.8, 4) is 0 Å². The summed E-state index contributed by atoms with van der Waals surface area (Å²) in [4.78, 5) is 2.06. The first-order valence-electron chi connectivity index (χ1n) is 5.47. The van der Waals surface area contributed by atoms with E-state index in [1.807, 2.05) is 33.3 Å². The number of nitrogens with zero attached hydrogens (tertiary/aromatic N) is 4. The van der Waals surface area contributed by atoms with E-state index in [1.54, 1.807) is 10.9 Å². The summed E-state index contributed by atoms with van der Waals surface area (Å²) in [5.41, 5.74) is 9.29. The van der Waals surface area contributed by atoms with Crippen LogP contribution in [0, 0.1) is 0 Å². The summed E-state index contributed by atoms with van der Waals surface area (Å²) in [6.45, 7) is 0. The molecule has 0 aliphatic rings. The van der Waals surface area contributed by atoms with Gasteiger partial charge in [-0.15, -0.1) is 5.10 Å². The maximum absolute atomic E-state index is 6.17. The number of hydrogen-bond donors (Lipinski definition) is 1. The SMILES string of the molecule is CN(C)c1ccc(C(N)c2cnnn2C)cc1. The summed E-state index contributed by atoms with van der Waals surface area (Å²) in [5.74, 6) is 0. The second-order valence-electron chi connectivity index (χ2n) is 4.25. The Kier molecular flexibility index (Phi) is 3.10. The Morgan fingerprint density at radius 1 is 1.24 bits per heavy atom. The molecule has 0 saturated carbocycles. The van der Waals surface area contributed by atoms with Crippen molar-refractivity contribution in [3.63, 3.8) is 0 Å². The van der Waals surface area contributed by atoms with Crippen LogP contribution in [0.15, 0.2) is 30.5 Å². The summed E-state index contributed by atoms with van der Waals surface area (Å²) in [7, 11) is 5.87. The van der Waals surface area contributed by atoms with Gasteiger partial charge in [0, 0.05) is 26.8 Å². The van der Waals surface area contributed by atoms with E-state index in [0.29, 0.717) is 0 Å². The highest BCUT2D eigenvalue weighted by atomic mass is 15.4. The molecule has 0 aliphatic heterocycles. The van der Waals surface area contributed by atoms with Gasteiger partial charge in [-0.2, -0.15) is 0 Å². The van der Waals surface area contributed by atoms with Crippen LogP contribution in [0.3, 0.4) is 0 Å². The molecule has 0 aliphatic carbocycles. The first kappa shape index (κ1) is 11.6. The van der Waals surface area contributed by atoms with E-state index < -0.39 is 0 Å². The third kappa shape index (κ3) is 2.29. The highest BCUT2D eigenvalue weighted by Gasteiger charge is 2.13. The van der Waals surface area contributed by atoms with Crippen LogP contribution in [0.4, 0.5) is 5.69 Å². The molecule has 5 heteroatoms. The standard InChI is InChI=1S/C12H17N5/c1-16(2)10-6-4-9(5-7-10)12(13)11-8-14-15-17(11)3/h4-8,12H,13H2,1-3H3. The molecule has 0 saturated heterocycles. The number of anilines is 1. The number of rotatable bonds is 3. The number of nitrogens with two attached hydrogens (primary N) is 1. The molecule has 2 N–H and O–H groups in total. The summed E-state index contributed by atoms with van der Waals surface area (Å²) in [6.07, 6.45) is 1.70. The van der Waals surface area contributed by atoms with E-state index in [1.165, 1.54) is 0 Å². The van der Waals surface area contributed by atoms with Crippen LogP contribution < -0.4 is 10.6 Å². The molecule has 0 fully saturated rings. The fourth-order valence-corrected chi connectivity index (χ4v) is 1.73. The molecule has 5 nitrogen and oxygen atoms in total. The molecule has 1 unspecified atom stereocenters. The zero-order valence-electron chi connectivity index (χ0n) is 10.3. The molecule has 0 amide bonds.